The molecule has 0 radical (unpaired) electrons. The SMILES string of the molecule is CCOc1ccc(Oc2c(-c3ccc(SC)cc3)noc2C)cc1. The van der Waals surface area contributed by atoms with Gasteiger partial charge in [-0.2, -0.15) is 0 Å². The van der Waals surface area contributed by atoms with Crippen LogP contribution in [-0.2, 0) is 0 Å². The van der Waals surface area contributed by atoms with Crippen molar-refractivity contribution < 1.29 is 14.0 Å². The van der Waals surface area contributed by atoms with Crippen molar-refractivity contribution in [1.29, 1.82) is 0 Å². The van der Waals surface area contributed by atoms with E-state index in [1.165, 1.54) is 4.90 Å². The van der Waals surface area contributed by atoms with Crippen LogP contribution in [0.25, 0.3) is 11.3 Å². The lowest BCUT2D eigenvalue weighted by Crippen LogP contribution is -1.91. The minimum atomic E-state index is 0.635. The molecule has 3 rings (SSSR count). The summed E-state index contributed by atoms with van der Waals surface area (Å²) in [6.07, 6.45) is 2.05. The van der Waals surface area contributed by atoms with E-state index in [0.29, 0.717) is 29.6 Å². The summed E-state index contributed by atoms with van der Waals surface area (Å²) in [6.45, 7) is 4.44. The van der Waals surface area contributed by atoms with Crippen LogP contribution in [0.5, 0.6) is 17.2 Å². The Morgan fingerprint density at radius 2 is 1.67 bits per heavy atom. The van der Waals surface area contributed by atoms with Crippen molar-refractivity contribution in [3.63, 3.8) is 0 Å². The minimum Gasteiger partial charge on any atom is -0.494 e. The van der Waals surface area contributed by atoms with Gasteiger partial charge in [-0.15, -0.1) is 11.8 Å². The normalized spacial score (nSPS) is 10.6. The Kier molecular flexibility index (Phi) is 5.11. The van der Waals surface area contributed by atoms with E-state index >= 15 is 0 Å². The standard InChI is InChI=1S/C19H19NO3S/c1-4-21-15-7-9-16(10-8-15)22-19-13(2)23-20-18(19)14-5-11-17(24-3)12-6-14/h5-12H,4H2,1-3H3. The summed E-state index contributed by atoms with van der Waals surface area (Å²) in [7, 11) is 0. The first-order valence-corrected chi connectivity index (χ1v) is 8.95. The number of benzene rings is 2. The lowest BCUT2D eigenvalue weighted by Gasteiger charge is -2.08. The number of hydrogen-bond donors (Lipinski definition) is 0. The van der Waals surface area contributed by atoms with E-state index < -0.39 is 0 Å². The van der Waals surface area contributed by atoms with E-state index in [1.54, 1.807) is 11.8 Å². The molecule has 0 aliphatic heterocycles. The molecule has 1 aromatic heterocycles. The molecule has 24 heavy (non-hydrogen) atoms. The Bertz CT molecular complexity index is 794. The predicted octanol–water partition coefficient (Wildman–Crippen LogP) is 5.56. The van der Waals surface area contributed by atoms with E-state index in [9.17, 15) is 0 Å². The Balaban J connectivity index is 1.86. The fourth-order valence-corrected chi connectivity index (χ4v) is 2.71. The highest BCUT2D eigenvalue weighted by Gasteiger charge is 2.17. The molecule has 0 spiro atoms. The Morgan fingerprint density at radius 3 is 2.29 bits per heavy atom. The molecule has 2 aromatic carbocycles. The molecule has 0 aliphatic carbocycles. The zero-order valence-corrected chi connectivity index (χ0v) is 14.7. The summed E-state index contributed by atoms with van der Waals surface area (Å²) in [5.41, 5.74) is 1.67. The number of rotatable bonds is 6. The molecule has 0 saturated carbocycles. The number of nitrogens with zero attached hydrogens (tertiary/aromatic N) is 1. The molecule has 1 heterocycles. The monoisotopic (exact) mass is 341 g/mol. The van der Waals surface area contributed by atoms with E-state index in [1.807, 2.05) is 50.2 Å². The predicted molar refractivity (Wildman–Crippen MR) is 96.1 cm³/mol. The fraction of sp³-hybridized carbons (Fsp3) is 0.211. The van der Waals surface area contributed by atoms with Gasteiger partial charge >= 0.3 is 0 Å². The van der Waals surface area contributed by atoms with E-state index in [2.05, 4.69) is 23.5 Å². The zero-order chi connectivity index (χ0) is 16.9. The highest BCUT2D eigenvalue weighted by atomic mass is 32.2. The molecule has 5 heteroatoms. The van der Waals surface area contributed by atoms with Gasteiger partial charge in [0.25, 0.3) is 0 Å². The third kappa shape index (κ3) is 3.57. The van der Waals surface area contributed by atoms with Crippen molar-refractivity contribution in [3.05, 3.63) is 54.3 Å². The number of aryl methyl sites for hydroxylation is 1. The van der Waals surface area contributed by atoms with Gasteiger partial charge in [-0.05, 0) is 49.6 Å². The van der Waals surface area contributed by atoms with Crippen molar-refractivity contribution in [3.8, 4) is 28.5 Å². The van der Waals surface area contributed by atoms with Crippen LogP contribution in [0.4, 0.5) is 0 Å². The molecule has 0 bridgehead atoms. The highest BCUT2D eigenvalue weighted by Crippen LogP contribution is 2.36. The van der Waals surface area contributed by atoms with Gasteiger partial charge < -0.3 is 14.0 Å². The summed E-state index contributed by atoms with van der Waals surface area (Å²) in [4.78, 5) is 1.20. The summed E-state index contributed by atoms with van der Waals surface area (Å²) in [6, 6.07) is 15.7. The van der Waals surface area contributed by atoms with Gasteiger partial charge in [-0.3, -0.25) is 0 Å². The summed E-state index contributed by atoms with van der Waals surface area (Å²) in [5.74, 6) is 2.82. The lowest BCUT2D eigenvalue weighted by molar-refractivity contribution is 0.339. The largest absolute Gasteiger partial charge is 0.494 e. The van der Waals surface area contributed by atoms with Crippen LogP contribution < -0.4 is 9.47 Å². The molecule has 0 amide bonds. The molecule has 3 aromatic rings. The smallest absolute Gasteiger partial charge is 0.197 e. The Morgan fingerprint density at radius 1 is 1.00 bits per heavy atom. The average Bonchev–Trinajstić information content (AvgIpc) is 2.98. The first kappa shape index (κ1) is 16.5. The zero-order valence-electron chi connectivity index (χ0n) is 13.9. The van der Waals surface area contributed by atoms with Crippen molar-refractivity contribution in [2.45, 2.75) is 18.7 Å². The van der Waals surface area contributed by atoms with E-state index in [-0.39, 0.29) is 0 Å². The number of aromatic nitrogens is 1. The maximum Gasteiger partial charge on any atom is 0.197 e. The van der Waals surface area contributed by atoms with Crippen LogP contribution in [0.15, 0.2) is 57.9 Å². The van der Waals surface area contributed by atoms with Gasteiger partial charge in [-0.1, -0.05) is 17.3 Å². The molecule has 0 aliphatic rings. The maximum absolute atomic E-state index is 6.01. The molecular weight excluding hydrogens is 322 g/mol. The molecule has 0 atom stereocenters. The first-order valence-electron chi connectivity index (χ1n) is 7.72. The molecule has 0 N–H and O–H groups in total. The van der Waals surface area contributed by atoms with E-state index in [4.69, 9.17) is 14.0 Å². The molecule has 4 nitrogen and oxygen atoms in total. The van der Waals surface area contributed by atoms with Crippen LogP contribution >= 0.6 is 11.8 Å². The summed E-state index contributed by atoms with van der Waals surface area (Å²) >= 11 is 1.70. The molecule has 0 saturated heterocycles. The second-order valence-corrected chi connectivity index (χ2v) is 6.03. The minimum absolute atomic E-state index is 0.635. The van der Waals surface area contributed by atoms with Crippen molar-refractivity contribution >= 4 is 11.8 Å². The molecule has 124 valence electrons. The molecule has 0 fully saturated rings. The average molecular weight is 341 g/mol. The highest BCUT2D eigenvalue weighted by molar-refractivity contribution is 7.98. The summed E-state index contributed by atoms with van der Waals surface area (Å²) < 4.78 is 16.8. The first-order chi connectivity index (χ1) is 11.7. The van der Waals surface area contributed by atoms with Crippen molar-refractivity contribution in [2.75, 3.05) is 12.9 Å². The lowest BCUT2D eigenvalue weighted by atomic mass is 10.1. The number of thioether (sulfide) groups is 1. The molecule has 0 unspecified atom stereocenters. The second-order valence-electron chi connectivity index (χ2n) is 5.15. The summed E-state index contributed by atoms with van der Waals surface area (Å²) in [5, 5.41) is 4.15. The number of hydrogen-bond acceptors (Lipinski definition) is 5. The Hall–Kier alpha value is -2.40. The van der Waals surface area contributed by atoms with Gasteiger partial charge in [0.2, 0.25) is 0 Å². The van der Waals surface area contributed by atoms with E-state index in [0.717, 1.165) is 11.3 Å². The van der Waals surface area contributed by atoms with Gasteiger partial charge in [0.1, 0.15) is 11.5 Å². The third-order valence-electron chi connectivity index (χ3n) is 3.53. The number of ether oxygens (including phenoxy) is 2. The van der Waals surface area contributed by atoms with Crippen LogP contribution in [-0.4, -0.2) is 18.0 Å². The maximum atomic E-state index is 6.01. The van der Waals surface area contributed by atoms with Crippen molar-refractivity contribution in [1.82, 2.24) is 5.16 Å². The second kappa shape index (κ2) is 7.45. The van der Waals surface area contributed by atoms with Crippen molar-refractivity contribution in [2.24, 2.45) is 0 Å². The molecular formula is C19H19NO3S. The van der Waals surface area contributed by atoms with Gasteiger partial charge in [0.05, 0.1) is 6.61 Å². The van der Waals surface area contributed by atoms with Crippen LogP contribution in [0.2, 0.25) is 0 Å². The van der Waals surface area contributed by atoms with Gasteiger partial charge in [0, 0.05) is 17.4 Å². The fourth-order valence-electron chi connectivity index (χ4n) is 2.31. The quantitative estimate of drug-likeness (QED) is 0.549. The Labute approximate surface area is 145 Å². The van der Waals surface area contributed by atoms with Gasteiger partial charge in [0.15, 0.2) is 17.2 Å². The van der Waals surface area contributed by atoms with Gasteiger partial charge in [-0.25, -0.2) is 0 Å². The van der Waals surface area contributed by atoms with Crippen LogP contribution in [0.3, 0.4) is 0 Å². The third-order valence-corrected chi connectivity index (χ3v) is 4.27. The topological polar surface area (TPSA) is 44.5 Å². The van der Waals surface area contributed by atoms with Crippen LogP contribution in [0.1, 0.15) is 12.7 Å². The van der Waals surface area contributed by atoms with Crippen LogP contribution in [0, 0.1) is 6.92 Å².